The number of pyridine rings is 1. The van der Waals surface area contributed by atoms with Gasteiger partial charge in [0, 0.05) is 41.2 Å². The van der Waals surface area contributed by atoms with Gasteiger partial charge >= 0.3 is 0 Å². The van der Waals surface area contributed by atoms with Crippen LogP contribution in [0.2, 0.25) is 5.02 Å². The van der Waals surface area contributed by atoms with E-state index in [4.69, 9.17) is 26.1 Å². The number of halogens is 1. The molecule has 1 fully saturated rings. The van der Waals surface area contributed by atoms with Crippen LogP contribution in [-0.4, -0.2) is 34.4 Å². The minimum Gasteiger partial charge on any atom is -0.492 e. The van der Waals surface area contributed by atoms with E-state index < -0.39 is 0 Å². The first kappa shape index (κ1) is 19.6. The number of imidazole rings is 1. The van der Waals surface area contributed by atoms with Gasteiger partial charge in [-0.15, -0.1) is 0 Å². The summed E-state index contributed by atoms with van der Waals surface area (Å²) < 4.78 is 13.9. The molecule has 156 valence electrons. The molecule has 0 saturated heterocycles. The van der Waals surface area contributed by atoms with Gasteiger partial charge in [0.15, 0.2) is 0 Å². The fourth-order valence-corrected chi connectivity index (χ4v) is 4.31. The Hall–Kier alpha value is -2.37. The average Bonchev–Trinajstić information content (AvgIpc) is 3.50. The normalized spacial score (nSPS) is 16.2. The van der Waals surface area contributed by atoms with Crippen molar-refractivity contribution in [2.75, 3.05) is 19.8 Å². The van der Waals surface area contributed by atoms with Gasteiger partial charge in [-0.05, 0) is 62.9 Å². The Morgan fingerprint density at radius 2 is 1.87 bits per heavy atom. The summed E-state index contributed by atoms with van der Waals surface area (Å²) in [4.78, 5) is 9.61. The second-order valence-corrected chi connectivity index (χ2v) is 8.69. The van der Waals surface area contributed by atoms with Gasteiger partial charge in [0.1, 0.15) is 11.6 Å². The summed E-state index contributed by atoms with van der Waals surface area (Å²) in [6.45, 7) is 6.96. The van der Waals surface area contributed by atoms with Crippen molar-refractivity contribution in [3.63, 3.8) is 0 Å². The maximum Gasteiger partial charge on any atom is 0.141 e. The molecule has 5 rings (SSSR count). The molecular weight excluding hydrogens is 398 g/mol. The first-order chi connectivity index (χ1) is 14.6. The van der Waals surface area contributed by atoms with Crippen LogP contribution in [-0.2, 0) is 17.7 Å². The van der Waals surface area contributed by atoms with Crippen molar-refractivity contribution in [3.8, 4) is 28.4 Å². The molecule has 2 aromatic heterocycles. The smallest absolute Gasteiger partial charge is 0.141 e. The Bertz CT molecular complexity index is 1070. The monoisotopic (exact) mass is 423 g/mol. The highest BCUT2D eigenvalue weighted by molar-refractivity contribution is 6.32. The van der Waals surface area contributed by atoms with Gasteiger partial charge in [-0.3, -0.25) is 4.98 Å². The van der Waals surface area contributed by atoms with Crippen molar-refractivity contribution >= 4 is 11.6 Å². The number of nitrogens with zero attached hydrogens (tertiary/aromatic N) is 3. The van der Waals surface area contributed by atoms with Crippen molar-refractivity contribution in [1.82, 2.24) is 14.5 Å². The molecule has 1 saturated carbocycles. The van der Waals surface area contributed by atoms with Crippen molar-refractivity contribution in [2.45, 2.75) is 39.7 Å². The molecule has 5 nitrogen and oxygen atoms in total. The molecule has 2 aliphatic rings. The van der Waals surface area contributed by atoms with E-state index in [2.05, 4.69) is 27.8 Å². The van der Waals surface area contributed by atoms with E-state index in [1.54, 1.807) is 0 Å². The highest BCUT2D eigenvalue weighted by atomic mass is 35.5. The lowest BCUT2D eigenvalue weighted by Crippen LogP contribution is -2.06. The third-order valence-electron chi connectivity index (χ3n) is 5.73. The zero-order valence-electron chi connectivity index (χ0n) is 17.4. The van der Waals surface area contributed by atoms with Gasteiger partial charge in [0.25, 0.3) is 0 Å². The maximum absolute atomic E-state index is 6.57. The van der Waals surface area contributed by atoms with Crippen LogP contribution in [0.4, 0.5) is 0 Å². The minimum absolute atomic E-state index is 0.632. The second kappa shape index (κ2) is 8.05. The maximum atomic E-state index is 6.57. The quantitative estimate of drug-likeness (QED) is 0.562. The van der Waals surface area contributed by atoms with Crippen LogP contribution in [0.3, 0.4) is 0 Å². The molecule has 0 N–H and O–H groups in total. The van der Waals surface area contributed by atoms with Gasteiger partial charge < -0.3 is 14.0 Å². The minimum atomic E-state index is 0.632. The number of hydrogen-bond donors (Lipinski definition) is 0. The molecule has 0 atom stereocenters. The van der Waals surface area contributed by atoms with E-state index in [1.807, 2.05) is 26.0 Å². The van der Waals surface area contributed by atoms with Crippen molar-refractivity contribution in [3.05, 3.63) is 52.4 Å². The highest BCUT2D eigenvalue weighted by Crippen LogP contribution is 2.36. The molecule has 3 aromatic rings. The highest BCUT2D eigenvalue weighted by Gasteiger charge is 2.24. The fraction of sp³-hybridized carbons (Fsp3) is 0.417. The Morgan fingerprint density at radius 3 is 2.60 bits per heavy atom. The third kappa shape index (κ3) is 3.96. The van der Waals surface area contributed by atoms with Gasteiger partial charge in [0.2, 0.25) is 0 Å². The first-order valence-corrected chi connectivity index (χ1v) is 11.0. The predicted molar refractivity (Wildman–Crippen MR) is 118 cm³/mol. The first-order valence-electron chi connectivity index (χ1n) is 10.6. The molecule has 0 spiro atoms. The van der Waals surface area contributed by atoms with Crippen molar-refractivity contribution < 1.29 is 9.47 Å². The van der Waals surface area contributed by atoms with Gasteiger partial charge in [-0.25, -0.2) is 4.98 Å². The van der Waals surface area contributed by atoms with Crippen LogP contribution in [0.15, 0.2) is 30.3 Å². The van der Waals surface area contributed by atoms with E-state index in [0.29, 0.717) is 24.2 Å². The van der Waals surface area contributed by atoms with E-state index in [1.165, 1.54) is 18.5 Å². The largest absolute Gasteiger partial charge is 0.492 e. The molecule has 0 bridgehead atoms. The Balaban J connectivity index is 1.56. The number of benzene rings is 1. The number of hydrogen-bond acceptors (Lipinski definition) is 4. The SMILES string of the molecule is Cc1cc(-c2nc(-c3ccc(OCC4CC4)c(Cl)c3)n3c2CCOCC3)cc(C)n1. The average molecular weight is 424 g/mol. The molecule has 30 heavy (non-hydrogen) atoms. The van der Waals surface area contributed by atoms with Gasteiger partial charge in [0.05, 0.1) is 30.5 Å². The summed E-state index contributed by atoms with van der Waals surface area (Å²) in [5.41, 5.74) is 6.31. The van der Waals surface area contributed by atoms with E-state index in [0.717, 1.165) is 59.4 Å². The summed E-state index contributed by atoms with van der Waals surface area (Å²) in [5, 5.41) is 0.632. The molecule has 1 aliphatic carbocycles. The molecule has 1 aliphatic heterocycles. The number of aryl methyl sites for hydroxylation is 2. The molecule has 0 unspecified atom stereocenters. The molecule has 0 radical (unpaired) electrons. The zero-order chi connectivity index (χ0) is 20.7. The topological polar surface area (TPSA) is 49.2 Å². The number of rotatable bonds is 5. The number of fused-ring (bicyclic) bond motifs is 1. The molecule has 3 heterocycles. The number of aromatic nitrogens is 3. The van der Waals surface area contributed by atoms with Crippen molar-refractivity contribution in [2.24, 2.45) is 5.92 Å². The van der Waals surface area contributed by atoms with Crippen molar-refractivity contribution in [1.29, 1.82) is 0 Å². The standard InChI is InChI=1S/C24H26ClN3O2/c1-15-11-19(12-16(2)26-15)23-21-7-9-29-10-8-28(21)24(27-23)18-5-6-22(20(25)13-18)30-14-17-3-4-17/h5-6,11-13,17H,3-4,7-10,14H2,1-2H3. The van der Waals surface area contributed by atoms with Crippen LogP contribution in [0.1, 0.15) is 29.9 Å². The van der Waals surface area contributed by atoms with Crippen LogP contribution in [0.25, 0.3) is 22.6 Å². The molecular formula is C24H26ClN3O2. The second-order valence-electron chi connectivity index (χ2n) is 8.28. The summed E-state index contributed by atoms with van der Waals surface area (Å²) in [7, 11) is 0. The van der Waals surface area contributed by atoms with Crippen LogP contribution in [0, 0.1) is 19.8 Å². The lowest BCUT2D eigenvalue weighted by molar-refractivity contribution is 0.140. The molecule has 1 aromatic carbocycles. The fourth-order valence-electron chi connectivity index (χ4n) is 4.08. The predicted octanol–water partition coefficient (Wildman–Crippen LogP) is 5.24. The third-order valence-corrected chi connectivity index (χ3v) is 6.03. The summed E-state index contributed by atoms with van der Waals surface area (Å²) >= 11 is 6.57. The van der Waals surface area contributed by atoms with Crippen LogP contribution >= 0.6 is 11.6 Å². The van der Waals surface area contributed by atoms with E-state index in [-0.39, 0.29) is 0 Å². The lowest BCUT2D eigenvalue weighted by Gasteiger charge is -2.11. The zero-order valence-corrected chi connectivity index (χ0v) is 18.2. The van der Waals surface area contributed by atoms with Gasteiger partial charge in [-0.1, -0.05) is 11.6 Å². The Kier molecular flexibility index (Phi) is 5.25. The summed E-state index contributed by atoms with van der Waals surface area (Å²) in [6, 6.07) is 10.2. The Morgan fingerprint density at radius 1 is 1.07 bits per heavy atom. The Labute approximate surface area is 182 Å². The lowest BCUT2D eigenvalue weighted by atomic mass is 10.1. The van der Waals surface area contributed by atoms with Crippen LogP contribution < -0.4 is 4.74 Å². The summed E-state index contributed by atoms with van der Waals surface area (Å²) in [5.74, 6) is 2.37. The molecule has 6 heteroatoms. The van der Waals surface area contributed by atoms with E-state index in [9.17, 15) is 0 Å². The number of ether oxygens (including phenoxy) is 2. The van der Waals surface area contributed by atoms with Gasteiger partial charge in [-0.2, -0.15) is 0 Å². The summed E-state index contributed by atoms with van der Waals surface area (Å²) in [6.07, 6.45) is 3.35. The molecule has 0 amide bonds. The van der Waals surface area contributed by atoms with Crippen LogP contribution in [0.5, 0.6) is 5.75 Å². The van der Waals surface area contributed by atoms with E-state index >= 15 is 0 Å².